The Bertz CT molecular complexity index is 807. The second-order valence-corrected chi connectivity index (χ2v) is 4.34. The van der Waals surface area contributed by atoms with Crippen molar-refractivity contribution in [3.05, 3.63) is 65.1 Å². The highest BCUT2D eigenvalue weighted by molar-refractivity contribution is 5.66. The van der Waals surface area contributed by atoms with Gasteiger partial charge in [-0.1, -0.05) is 36.4 Å². The minimum atomic E-state index is -0.287. The fourth-order valence-corrected chi connectivity index (χ4v) is 2.21. The second-order valence-electron chi connectivity index (χ2n) is 4.34. The molecule has 0 unspecified atom stereocenters. The Morgan fingerprint density at radius 2 is 1.74 bits per heavy atom. The van der Waals surface area contributed by atoms with Gasteiger partial charge in [-0.15, -0.1) is 0 Å². The molecule has 4 nitrogen and oxygen atoms in total. The summed E-state index contributed by atoms with van der Waals surface area (Å²) in [4.78, 5) is 12.5. The normalized spacial score (nSPS) is 10.8. The second kappa shape index (κ2) is 4.24. The van der Waals surface area contributed by atoms with Crippen molar-refractivity contribution in [1.82, 2.24) is 4.40 Å². The van der Waals surface area contributed by atoms with E-state index in [9.17, 15) is 9.90 Å². The molecule has 19 heavy (non-hydrogen) atoms. The molecule has 4 heteroatoms. The van der Waals surface area contributed by atoms with Crippen LogP contribution < -0.4 is 15.2 Å². The minimum Gasteiger partial charge on any atom is -0.842 e. The molecule has 0 aliphatic rings. The number of benzene rings is 1. The molecule has 3 rings (SSSR count). The quantitative estimate of drug-likeness (QED) is 0.603. The van der Waals surface area contributed by atoms with Crippen LogP contribution in [0.5, 0.6) is 5.88 Å². The SMILES string of the molecule is C[n+]1c([O-])c(-c2ccccc2)c(=O)n2ccccc21. The van der Waals surface area contributed by atoms with Gasteiger partial charge in [0.1, 0.15) is 5.56 Å². The Labute approximate surface area is 109 Å². The van der Waals surface area contributed by atoms with Gasteiger partial charge in [-0.2, -0.15) is 4.40 Å². The molecule has 0 atom stereocenters. The summed E-state index contributed by atoms with van der Waals surface area (Å²) in [6.45, 7) is 0. The van der Waals surface area contributed by atoms with E-state index in [1.165, 1.54) is 8.97 Å². The van der Waals surface area contributed by atoms with E-state index in [0.29, 0.717) is 11.2 Å². The number of aryl methyl sites for hydroxylation is 1. The van der Waals surface area contributed by atoms with E-state index in [1.54, 1.807) is 43.6 Å². The van der Waals surface area contributed by atoms with E-state index in [0.717, 1.165) is 0 Å². The average molecular weight is 252 g/mol. The lowest BCUT2D eigenvalue weighted by Crippen LogP contribution is -2.40. The zero-order valence-electron chi connectivity index (χ0n) is 10.4. The summed E-state index contributed by atoms with van der Waals surface area (Å²) in [7, 11) is 1.67. The van der Waals surface area contributed by atoms with Gasteiger partial charge in [0.15, 0.2) is 0 Å². The molecule has 0 spiro atoms. The summed E-state index contributed by atoms with van der Waals surface area (Å²) in [5.74, 6) is -0.276. The van der Waals surface area contributed by atoms with Crippen molar-refractivity contribution in [3.8, 4) is 17.0 Å². The van der Waals surface area contributed by atoms with Gasteiger partial charge >= 0.3 is 5.56 Å². The van der Waals surface area contributed by atoms with Gasteiger partial charge in [0.05, 0.1) is 19.1 Å². The van der Waals surface area contributed by atoms with E-state index in [-0.39, 0.29) is 17.0 Å². The zero-order valence-corrected chi connectivity index (χ0v) is 10.4. The maximum absolute atomic E-state index is 12.5. The molecule has 0 saturated heterocycles. The summed E-state index contributed by atoms with van der Waals surface area (Å²) < 4.78 is 2.98. The highest BCUT2D eigenvalue weighted by Crippen LogP contribution is 2.20. The van der Waals surface area contributed by atoms with Crippen LogP contribution in [0.3, 0.4) is 0 Å². The molecule has 0 fully saturated rings. The number of nitrogens with zero attached hydrogens (tertiary/aromatic N) is 2. The fraction of sp³-hybridized carbons (Fsp3) is 0.0667. The fourth-order valence-electron chi connectivity index (χ4n) is 2.21. The van der Waals surface area contributed by atoms with E-state index in [2.05, 4.69) is 0 Å². The van der Waals surface area contributed by atoms with Crippen LogP contribution in [-0.4, -0.2) is 4.40 Å². The Balaban J connectivity index is 2.48. The number of hydrogen-bond donors (Lipinski definition) is 0. The van der Waals surface area contributed by atoms with Crippen LogP contribution in [0.1, 0.15) is 0 Å². The van der Waals surface area contributed by atoms with Crippen LogP contribution >= 0.6 is 0 Å². The van der Waals surface area contributed by atoms with Gasteiger partial charge in [0.25, 0.3) is 5.65 Å². The molecule has 2 heterocycles. The van der Waals surface area contributed by atoms with Gasteiger partial charge in [-0.3, -0.25) is 0 Å². The lowest BCUT2D eigenvalue weighted by Gasteiger charge is -2.13. The Hall–Kier alpha value is -2.62. The van der Waals surface area contributed by atoms with Crippen molar-refractivity contribution >= 4 is 5.65 Å². The van der Waals surface area contributed by atoms with Gasteiger partial charge < -0.3 is 5.11 Å². The first-order valence-electron chi connectivity index (χ1n) is 5.96. The van der Waals surface area contributed by atoms with Gasteiger partial charge in [0.2, 0.25) is 0 Å². The summed E-state index contributed by atoms with van der Waals surface area (Å²) in [6.07, 6.45) is 1.67. The van der Waals surface area contributed by atoms with Gasteiger partial charge in [-0.05, 0) is 11.6 Å². The smallest absolute Gasteiger partial charge is 0.349 e. The van der Waals surface area contributed by atoms with Crippen molar-refractivity contribution in [2.45, 2.75) is 0 Å². The summed E-state index contributed by atoms with van der Waals surface area (Å²) in [6, 6.07) is 14.3. The molecular weight excluding hydrogens is 240 g/mol. The van der Waals surface area contributed by atoms with Crippen molar-refractivity contribution in [3.63, 3.8) is 0 Å². The van der Waals surface area contributed by atoms with Crippen LogP contribution in [0.2, 0.25) is 0 Å². The molecule has 2 aromatic heterocycles. The molecule has 0 radical (unpaired) electrons. The molecule has 0 aliphatic carbocycles. The lowest BCUT2D eigenvalue weighted by molar-refractivity contribution is -0.693. The third-order valence-electron chi connectivity index (χ3n) is 3.20. The van der Waals surface area contributed by atoms with Crippen molar-refractivity contribution in [2.24, 2.45) is 7.05 Å². The molecule has 3 aromatic rings. The van der Waals surface area contributed by atoms with Crippen molar-refractivity contribution < 1.29 is 9.67 Å². The topological polar surface area (TPSA) is 48.4 Å². The largest absolute Gasteiger partial charge is 0.842 e. The molecule has 94 valence electrons. The van der Waals surface area contributed by atoms with Crippen LogP contribution in [0.15, 0.2) is 59.5 Å². The Morgan fingerprint density at radius 3 is 2.47 bits per heavy atom. The molecule has 1 aromatic carbocycles. The minimum absolute atomic E-state index is 0.201. The highest BCUT2D eigenvalue weighted by atomic mass is 16.3. The number of fused-ring (bicyclic) bond motifs is 1. The van der Waals surface area contributed by atoms with Crippen LogP contribution in [0, 0.1) is 0 Å². The average Bonchev–Trinajstić information content (AvgIpc) is 2.46. The van der Waals surface area contributed by atoms with E-state index >= 15 is 0 Å². The first kappa shape index (κ1) is 11.5. The number of hydrogen-bond acceptors (Lipinski definition) is 2. The Morgan fingerprint density at radius 1 is 1.05 bits per heavy atom. The van der Waals surface area contributed by atoms with Crippen LogP contribution in [0.25, 0.3) is 16.8 Å². The monoisotopic (exact) mass is 252 g/mol. The summed E-state index contributed by atoms with van der Waals surface area (Å²) in [5, 5.41) is 12.4. The number of pyridine rings is 1. The van der Waals surface area contributed by atoms with Crippen molar-refractivity contribution in [1.29, 1.82) is 0 Å². The zero-order chi connectivity index (χ0) is 13.4. The molecule has 0 amide bonds. The van der Waals surface area contributed by atoms with Crippen molar-refractivity contribution in [2.75, 3.05) is 0 Å². The highest BCUT2D eigenvalue weighted by Gasteiger charge is 2.16. The molecular formula is C15H12N2O2. The van der Waals surface area contributed by atoms with Crippen LogP contribution in [0.4, 0.5) is 0 Å². The predicted molar refractivity (Wildman–Crippen MR) is 69.7 cm³/mol. The van der Waals surface area contributed by atoms with E-state index in [4.69, 9.17) is 0 Å². The molecule has 0 saturated carbocycles. The maximum Gasteiger partial charge on any atom is 0.349 e. The maximum atomic E-state index is 12.5. The molecule has 0 bridgehead atoms. The number of aromatic nitrogens is 2. The third-order valence-corrected chi connectivity index (χ3v) is 3.20. The predicted octanol–water partition coefficient (Wildman–Crippen LogP) is 0.865. The van der Waals surface area contributed by atoms with E-state index in [1.807, 2.05) is 18.2 Å². The Kier molecular flexibility index (Phi) is 2.56. The lowest BCUT2D eigenvalue weighted by atomic mass is 10.1. The molecule has 0 N–H and O–H groups in total. The third kappa shape index (κ3) is 1.69. The standard InChI is InChI=1S/C15H12N2O2/c1-16-12-9-5-6-10-17(12)15(19)13(14(16)18)11-7-3-2-4-8-11/h2-10H,1H3. The first-order chi connectivity index (χ1) is 9.20. The van der Waals surface area contributed by atoms with Gasteiger partial charge in [-0.25, -0.2) is 9.36 Å². The summed E-state index contributed by atoms with van der Waals surface area (Å²) >= 11 is 0. The summed E-state index contributed by atoms with van der Waals surface area (Å²) in [5.41, 5.74) is 1.14. The number of rotatable bonds is 1. The van der Waals surface area contributed by atoms with E-state index < -0.39 is 0 Å². The molecule has 0 aliphatic heterocycles. The van der Waals surface area contributed by atoms with Crippen LogP contribution in [-0.2, 0) is 7.05 Å². The van der Waals surface area contributed by atoms with Gasteiger partial charge in [0, 0.05) is 6.07 Å². The first-order valence-corrected chi connectivity index (χ1v) is 5.96.